The van der Waals surface area contributed by atoms with E-state index >= 15 is 0 Å². The first-order chi connectivity index (χ1) is 16.6. The molecule has 1 amide bonds. The van der Waals surface area contributed by atoms with E-state index < -0.39 is 0 Å². The summed E-state index contributed by atoms with van der Waals surface area (Å²) >= 11 is 0. The monoisotopic (exact) mass is 456 g/mol. The van der Waals surface area contributed by atoms with Gasteiger partial charge in [-0.25, -0.2) is 0 Å². The van der Waals surface area contributed by atoms with Crippen LogP contribution in [-0.2, 0) is 5.54 Å². The van der Waals surface area contributed by atoms with Gasteiger partial charge in [0, 0.05) is 42.0 Å². The molecule has 6 heteroatoms. The minimum absolute atomic E-state index is 0.0363. The van der Waals surface area contributed by atoms with Gasteiger partial charge in [0.25, 0.3) is 5.91 Å². The molecule has 1 aliphatic carbocycles. The number of benzene rings is 2. The lowest BCUT2D eigenvalue weighted by Crippen LogP contribution is -2.46. The lowest BCUT2D eigenvalue weighted by atomic mass is 9.97. The van der Waals surface area contributed by atoms with Crippen LogP contribution in [-0.4, -0.2) is 43.2 Å². The van der Waals surface area contributed by atoms with Gasteiger partial charge in [0.2, 0.25) is 0 Å². The molecule has 2 saturated heterocycles. The molecule has 176 valence electrons. The molecule has 3 aliphatic rings. The molecule has 6 nitrogen and oxygen atoms in total. The van der Waals surface area contributed by atoms with Crippen molar-refractivity contribution in [2.24, 2.45) is 0 Å². The van der Waals surface area contributed by atoms with E-state index in [0.29, 0.717) is 18.2 Å². The quantitative estimate of drug-likeness (QED) is 0.555. The molecule has 1 aromatic heterocycles. The summed E-state index contributed by atoms with van der Waals surface area (Å²) in [6, 6.07) is 14.8. The number of ether oxygens (including phenoxy) is 1. The molecular weight excluding hydrogens is 424 g/mol. The third kappa shape index (κ3) is 4.00. The van der Waals surface area contributed by atoms with Crippen LogP contribution in [0.4, 0.5) is 5.69 Å². The van der Waals surface area contributed by atoms with E-state index in [1.165, 1.54) is 24.1 Å². The maximum atomic E-state index is 13.5. The van der Waals surface area contributed by atoms with Gasteiger partial charge in [-0.1, -0.05) is 12.1 Å². The van der Waals surface area contributed by atoms with Crippen LogP contribution in [0.5, 0.6) is 5.75 Å². The molecular formula is C28H32N4O2. The smallest absolute Gasteiger partial charge is 0.252 e. The molecule has 6 rings (SSSR count). The Hall–Kier alpha value is -3.12. The van der Waals surface area contributed by atoms with E-state index in [2.05, 4.69) is 38.7 Å². The fourth-order valence-corrected chi connectivity index (χ4v) is 5.22. The van der Waals surface area contributed by atoms with Crippen LogP contribution in [0.2, 0.25) is 0 Å². The number of aryl methyl sites for hydroxylation is 1. The average Bonchev–Trinajstić information content (AvgIpc) is 3.37. The van der Waals surface area contributed by atoms with Gasteiger partial charge >= 0.3 is 0 Å². The summed E-state index contributed by atoms with van der Waals surface area (Å²) in [7, 11) is 0. The Bertz CT molecular complexity index is 1230. The molecule has 0 unspecified atom stereocenters. The Balaban J connectivity index is 1.29. The highest BCUT2D eigenvalue weighted by atomic mass is 16.5. The van der Waals surface area contributed by atoms with Gasteiger partial charge in [-0.05, 0) is 87.0 Å². The van der Waals surface area contributed by atoms with Crippen LogP contribution in [0, 0.1) is 6.92 Å². The van der Waals surface area contributed by atoms with Crippen molar-refractivity contribution in [3.8, 4) is 5.75 Å². The summed E-state index contributed by atoms with van der Waals surface area (Å²) in [5.41, 5.74) is 4.71. The topological polar surface area (TPSA) is 66.5 Å². The number of carbonyl (C=O) groups is 1. The fraction of sp³-hybridized carbons (Fsp3) is 0.429. The standard InChI is InChI=1S/C28H32N4O2/c1-19-6-7-22(34-18-20-8-12-29-20)17-24(19)27(33)31-28(9-10-28)25-15-21(32-13-2-3-14-32)16-26-23(25)5-4-11-30-26/h4-7,11,15-17,20,29H,2-3,8-10,12-14,18H2,1H3,(H,31,33)/t20-/m0/s1. The Morgan fingerprint density at radius 3 is 2.76 bits per heavy atom. The van der Waals surface area contributed by atoms with Gasteiger partial charge in [0.05, 0.1) is 11.1 Å². The van der Waals surface area contributed by atoms with Crippen molar-refractivity contribution in [2.45, 2.75) is 50.6 Å². The van der Waals surface area contributed by atoms with E-state index in [1.807, 2.05) is 37.4 Å². The van der Waals surface area contributed by atoms with Gasteiger partial charge in [0.1, 0.15) is 12.4 Å². The number of amides is 1. The van der Waals surface area contributed by atoms with Gasteiger partial charge in [0.15, 0.2) is 0 Å². The summed E-state index contributed by atoms with van der Waals surface area (Å²) in [5, 5.41) is 7.89. The number of hydrogen-bond acceptors (Lipinski definition) is 5. The SMILES string of the molecule is Cc1ccc(OC[C@@H]2CCN2)cc1C(=O)NC1(c2cc(N3CCCC3)cc3ncccc23)CC1. The van der Waals surface area contributed by atoms with E-state index in [9.17, 15) is 4.79 Å². The first-order valence-corrected chi connectivity index (χ1v) is 12.5. The Kier molecular flexibility index (Phi) is 5.41. The summed E-state index contributed by atoms with van der Waals surface area (Å²) in [6.07, 6.45) is 7.33. The number of aromatic nitrogens is 1. The number of pyridine rings is 1. The van der Waals surface area contributed by atoms with E-state index in [0.717, 1.165) is 61.1 Å². The lowest BCUT2D eigenvalue weighted by molar-refractivity contribution is 0.0930. The molecule has 1 saturated carbocycles. The minimum atomic E-state index is -0.340. The van der Waals surface area contributed by atoms with Crippen molar-refractivity contribution in [1.29, 1.82) is 0 Å². The molecule has 0 spiro atoms. The van der Waals surface area contributed by atoms with E-state index in [-0.39, 0.29) is 11.4 Å². The molecule has 3 aromatic rings. The zero-order valence-corrected chi connectivity index (χ0v) is 19.8. The van der Waals surface area contributed by atoms with Crippen molar-refractivity contribution in [2.75, 3.05) is 31.1 Å². The molecule has 0 bridgehead atoms. The number of anilines is 1. The summed E-state index contributed by atoms with van der Waals surface area (Å²) in [6.45, 7) is 5.84. The highest BCUT2D eigenvalue weighted by Crippen LogP contribution is 2.49. The Morgan fingerprint density at radius 2 is 2.03 bits per heavy atom. The van der Waals surface area contributed by atoms with Crippen LogP contribution >= 0.6 is 0 Å². The molecule has 2 aliphatic heterocycles. The fourth-order valence-electron chi connectivity index (χ4n) is 5.22. The lowest BCUT2D eigenvalue weighted by Gasteiger charge is -2.27. The zero-order chi connectivity index (χ0) is 23.1. The van der Waals surface area contributed by atoms with Crippen molar-refractivity contribution in [3.05, 3.63) is 65.4 Å². The van der Waals surface area contributed by atoms with Crippen molar-refractivity contribution in [3.63, 3.8) is 0 Å². The molecule has 2 N–H and O–H groups in total. The number of nitrogens with zero attached hydrogens (tertiary/aromatic N) is 2. The Labute approximate surface area is 200 Å². The molecule has 3 fully saturated rings. The highest BCUT2D eigenvalue weighted by molar-refractivity contribution is 5.97. The van der Waals surface area contributed by atoms with Gasteiger partial charge in [-0.3, -0.25) is 9.78 Å². The molecule has 0 radical (unpaired) electrons. The predicted octanol–water partition coefficient (Wildman–Crippen LogP) is 4.30. The number of fused-ring (bicyclic) bond motifs is 1. The van der Waals surface area contributed by atoms with Crippen LogP contribution < -0.4 is 20.3 Å². The van der Waals surface area contributed by atoms with Crippen LogP contribution in [0.15, 0.2) is 48.7 Å². The molecule has 2 aromatic carbocycles. The number of nitrogens with one attached hydrogen (secondary N) is 2. The van der Waals surface area contributed by atoms with Crippen molar-refractivity contribution >= 4 is 22.5 Å². The first-order valence-electron chi connectivity index (χ1n) is 12.5. The summed E-state index contributed by atoms with van der Waals surface area (Å²) in [5.74, 6) is 0.714. The number of hydrogen-bond donors (Lipinski definition) is 2. The van der Waals surface area contributed by atoms with Crippen LogP contribution in [0.25, 0.3) is 10.9 Å². The van der Waals surface area contributed by atoms with Gasteiger partial charge in [-0.2, -0.15) is 0 Å². The second kappa shape index (κ2) is 8.58. The highest BCUT2D eigenvalue weighted by Gasteiger charge is 2.47. The maximum Gasteiger partial charge on any atom is 0.252 e. The zero-order valence-electron chi connectivity index (χ0n) is 19.8. The summed E-state index contributed by atoms with van der Waals surface area (Å²) < 4.78 is 5.96. The second-order valence-corrected chi connectivity index (χ2v) is 10.0. The second-order valence-electron chi connectivity index (χ2n) is 10.0. The molecule has 1 atom stereocenters. The largest absolute Gasteiger partial charge is 0.492 e. The van der Waals surface area contributed by atoms with Gasteiger partial charge < -0.3 is 20.3 Å². The van der Waals surface area contributed by atoms with E-state index in [4.69, 9.17) is 4.74 Å². The molecule has 34 heavy (non-hydrogen) atoms. The first kappa shape index (κ1) is 21.4. The van der Waals surface area contributed by atoms with Gasteiger partial charge in [-0.15, -0.1) is 0 Å². The number of carbonyl (C=O) groups excluding carboxylic acids is 1. The van der Waals surface area contributed by atoms with Crippen molar-refractivity contribution < 1.29 is 9.53 Å². The predicted molar refractivity (Wildman–Crippen MR) is 135 cm³/mol. The van der Waals surface area contributed by atoms with Crippen molar-refractivity contribution in [1.82, 2.24) is 15.6 Å². The minimum Gasteiger partial charge on any atom is -0.492 e. The Morgan fingerprint density at radius 1 is 1.21 bits per heavy atom. The summed E-state index contributed by atoms with van der Waals surface area (Å²) in [4.78, 5) is 20.6. The third-order valence-corrected chi connectivity index (χ3v) is 7.63. The number of rotatable bonds is 7. The molecule has 3 heterocycles. The van der Waals surface area contributed by atoms with Crippen LogP contribution in [0.1, 0.15) is 53.6 Å². The normalized spacial score (nSPS) is 20.7. The average molecular weight is 457 g/mol. The third-order valence-electron chi connectivity index (χ3n) is 7.63. The maximum absolute atomic E-state index is 13.5. The van der Waals surface area contributed by atoms with Crippen LogP contribution in [0.3, 0.4) is 0 Å². The van der Waals surface area contributed by atoms with E-state index in [1.54, 1.807) is 0 Å².